The van der Waals surface area contributed by atoms with Crippen molar-refractivity contribution >= 4 is 37.6 Å². The minimum absolute atomic E-state index is 0.0279. The third-order valence-corrected chi connectivity index (χ3v) is 12.4. The molecule has 11 nitrogen and oxygen atoms in total. The van der Waals surface area contributed by atoms with Crippen LogP contribution in [0.4, 0.5) is 15.5 Å². The number of benzene rings is 1. The van der Waals surface area contributed by atoms with Crippen molar-refractivity contribution in [2.24, 2.45) is 5.92 Å². The number of aliphatic hydroxyl groups excluding tert-OH is 1. The number of methoxy groups -OCH3 is 1. The molecule has 13 heteroatoms. The van der Waals surface area contributed by atoms with Crippen molar-refractivity contribution < 1.29 is 33.1 Å². The zero-order valence-electron chi connectivity index (χ0n) is 27.5. The van der Waals surface area contributed by atoms with Crippen LogP contribution >= 0.6 is 0 Å². The van der Waals surface area contributed by atoms with Gasteiger partial charge in [0.2, 0.25) is 14.3 Å². The SMILES string of the molecule is COC(=O)CCCCN1C(=O)[C@]2(O[C@H](CCn3cc(CCO)nn3)[C@@H]([Si](C)(C)F)[C@@H]2C)c2cc(N3CCCCCCC3=O)ccc21. The molecule has 1 spiro atoms. The summed E-state index contributed by atoms with van der Waals surface area (Å²) >= 11 is 0. The van der Waals surface area contributed by atoms with Crippen LogP contribution < -0.4 is 9.80 Å². The molecule has 4 atom stereocenters. The normalized spacial score (nSPS) is 25.2. The van der Waals surface area contributed by atoms with E-state index in [-0.39, 0.29) is 30.8 Å². The summed E-state index contributed by atoms with van der Waals surface area (Å²) in [5.74, 6) is -0.911. The number of aryl methyl sites for hydroxylation is 1. The zero-order valence-corrected chi connectivity index (χ0v) is 28.5. The smallest absolute Gasteiger partial charge is 0.305 e. The number of amides is 2. The van der Waals surface area contributed by atoms with Crippen molar-refractivity contribution in [1.82, 2.24) is 15.0 Å². The van der Waals surface area contributed by atoms with Gasteiger partial charge in [-0.05, 0) is 63.4 Å². The molecule has 0 unspecified atom stereocenters. The zero-order chi connectivity index (χ0) is 33.1. The van der Waals surface area contributed by atoms with Gasteiger partial charge in [0.15, 0.2) is 5.60 Å². The number of carbonyl (C=O) groups excluding carboxylic acids is 3. The molecule has 1 aromatic carbocycles. The largest absolute Gasteiger partial charge is 0.469 e. The molecular weight excluding hydrogens is 609 g/mol. The van der Waals surface area contributed by atoms with Crippen molar-refractivity contribution in [3.05, 3.63) is 35.7 Å². The summed E-state index contributed by atoms with van der Waals surface area (Å²) in [7, 11) is -2.01. The van der Waals surface area contributed by atoms with Crippen molar-refractivity contribution in [1.29, 1.82) is 0 Å². The van der Waals surface area contributed by atoms with Crippen LogP contribution in [0.5, 0.6) is 0 Å². The number of esters is 1. The highest BCUT2D eigenvalue weighted by Gasteiger charge is 2.66. The Balaban J connectivity index is 1.51. The average molecular weight is 658 g/mol. The van der Waals surface area contributed by atoms with E-state index < -0.39 is 31.6 Å². The van der Waals surface area contributed by atoms with E-state index in [1.165, 1.54) is 7.11 Å². The van der Waals surface area contributed by atoms with Crippen LogP contribution in [0.15, 0.2) is 24.4 Å². The lowest BCUT2D eigenvalue weighted by molar-refractivity contribution is -0.146. The van der Waals surface area contributed by atoms with Crippen LogP contribution in [0.25, 0.3) is 0 Å². The Morgan fingerprint density at radius 3 is 2.70 bits per heavy atom. The molecule has 4 heterocycles. The lowest BCUT2D eigenvalue weighted by Crippen LogP contribution is -2.45. The van der Waals surface area contributed by atoms with E-state index in [1.54, 1.807) is 28.9 Å². The number of hydrogen-bond acceptors (Lipinski definition) is 8. The summed E-state index contributed by atoms with van der Waals surface area (Å²) in [6, 6.07) is 5.74. The quantitative estimate of drug-likeness (QED) is 0.151. The monoisotopic (exact) mass is 657 g/mol. The number of carbonyl (C=O) groups is 3. The third-order valence-electron chi connectivity index (χ3n) is 9.92. The molecule has 5 rings (SSSR count). The van der Waals surface area contributed by atoms with Gasteiger partial charge in [-0.15, -0.1) is 5.10 Å². The molecule has 1 N–H and O–H groups in total. The lowest BCUT2D eigenvalue weighted by atomic mass is 9.82. The maximum absolute atomic E-state index is 16.3. The molecule has 0 bridgehead atoms. The van der Waals surface area contributed by atoms with E-state index in [0.29, 0.717) is 68.7 Å². The molecule has 0 aliphatic carbocycles. The first-order valence-corrected chi connectivity index (χ1v) is 19.7. The molecule has 3 aliphatic heterocycles. The minimum atomic E-state index is -3.37. The second-order valence-corrected chi connectivity index (χ2v) is 17.2. The summed E-state index contributed by atoms with van der Waals surface area (Å²) in [4.78, 5) is 43.2. The summed E-state index contributed by atoms with van der Waals surface area (Å²) < 4.78 is 29.7. The highest BCUT2D eigenvalue weighted by Crippen LogP contribution is 2.60. The Morgan fingerprint density at radius 2 is 1.96 bits per heavy atom. The van der Waals surface area contributed by atoms with Crippen LogP contribution in [0, 0.1) is 5.92 Å². The van der Waals surface area contributed by atoms with Gasteiger partial charge in [0.1, 0.15) is 0 Å². The van der Waals surface area contributed by atoms with E-state index in [0.717, 1.165) is 31.4 Å². The molecular formula is C33H48FN5O6Si. The average Bonchev–Trinajstić information content (AvgIpc) is 3.65. The van der Waals surface area contributed by atoms with E-state index in [1.807, 2.05) is 30.0 Å². The number of aromatic nitrogens is 3. The van der Waals surface area contributed by atoms with Crippen molar-refractivity contribution in [3.8, 4) is 0 Å². The first-order valence-electron chi connectivity index (χ1n) is 16.7. The van der Waals surface area contributed by atoms with Gasteiger partial charge in [-0.2, -0.15) is 0 Å². The maximum atomic E-state index is 16.3. The highest BCUT2D eigenvalue weighted by molar-refractivity contribution is 6.72. The Morgan fingerprint density at radius 1 is 1.17 bits per heavy atom. The standard InChI is InChI=1S/C33H48FN5O6Si/c1-23-31(46(3,4)34)28(15-19-37-22-24(16-20-40)35-36-37)45-33(23)26-21-25(38-17-9-6-5-7-11-29(38)41)13-14-27(26)39(32(33)43)18-10-8-12-30(42)44-2/h13-14,21-23,28,31,40H,5-12,15-20H2,1-4H3/t23-,28+,31-,33+/m0/s1. The van der Waals surface area contributed by atoms with Crippen LogP contribution in [-0.4, -0.2) is 79.2 Å². The van der Waals surface area contributed by atoms with Gasteiger partial charge in [-0.25, -0.2) is 0 Å². The lowest BCUT2D eigenvalue weighted by Gasteiger charge is -2.32. The van der Waals surface area contributed by atoms with E-state index in [2.05, 4.69) is 10.3 Å². The first-order chi connectivity index (χ1) is 22.0. The fourth-order valence-electron chi connectivity index (χ4n) is 7.71. The molecule has 2 fully saturated rings. The van der Waals surface area contributed by atoms with Crippen LogP contribution in [0.2, 0.25) is 18.6 Å². The molecule has 2 aromatic rings. The number of halogens is 1. The first kappa shape index (κ1) is 34.2. The highest BCUT2D eigenvalue weighted by atomic mass is 28.4. The number of unbranched alkanes of at least 4 members (excludes halogenated alkanes) is 1. The molecule has 0 radical (unpaired) electrons. The predicted octanol–water partition coefficient (Wildman–Crippen LogP) is 4.67. The van der Waals surface area contributed by atoms with Crippen molar-refractivity contribution in [2.45, 2.75) is 108 Å². The minimum Gasteiger partial charge on any atom is -0.469 e. The topological polar surface area (TPSA) is 127 Å². The molecule has 252 valence electrons. The number of rotatable bonds is 12. The number of hydrogen-bond donors (Lipinski definition) is 1. The fraction of sp³-hybridized carbons (Fsp3) is 0.667. The number of aliphatic hydroxyl groups is 1. The van der Waals surface area contributed by atoms with Gasteiger partial charge < -0.3 is 28.5 Å². The predicted molar refractivity (Wildman–Crippen MR) is 174 cm³/mol. The van der Waals surface area contributed by atoms with Gasteiger partial charge in [0.05, 0.1) is 24.6 Å². The molecule has 1 aromatic heterocycles. The van der Waals surface area contributed by atoms with Gasteiger partial charge in [0, 0.05) is 74.4 Å². The second-order valence-electron chi connectivity index (χ2n) is 13.4. The molecule has 3 aliphatic rings. The van der Waals surface area contributed by atoms with Crippen LogP contribution in [0.3, 0.4) is 0 Å². The Kier molecular flexibility index (Phi) is 10.6. The number of fused-ring (bicyclic) bond motifs is 2. The van der Waals surface area contributed by atoms with Crippen molar-refractivity contribution in [3.63, 3.8) is 0 Å². The molecule has 46 heavy (non-hydrogen) atoms. The summed E-state index contributed by atoms with van der Waals surface area (Å²) in [6.07, 6.45) is 7.80. The second kappa shape index (κ2) is 14.3. The van der Waals surface area contributed by atoms with E-state index >= 15 is 4.11 Å². The Labute approximate surface area is 271 Å². The van der Waals surface area contributed by atoms with Gasteiger partial charge in [-0.3, -0.25) is 19.1 Å². The maximum Gasteiger partial charge on any atom is 0.305 e. The van der Waals surface area contributed by atoms with Crippen molar-refractivity contribution in [2.75, 3.05) is 36.6 Å². The van der Waals surface area contributed by atoms with Gasteiger partial charge in [-0.1, -0.05) is 25.0 Å². The van der Waals surface area contributed by atoms with Crippen LogP contribution in [-0.2, 0) is 42.4 Å². The van der Waals surface area contributed by atoms with Gasteiger partial charge >= 0.3 is 5.97 Å². The van der Waals surface area contributed by atoms with Gasteiger partial charge in [0.25, 0.3) is 5.91 Å². The summed E-state index contributed by atoms with van der Waals surface area (Å²) in [6.45, 7) is 6.67. The third kappa shape index (κ3) is 6.77. The summed E-state index contributed by atoms with van der Waals surface area (Å²) in [5.41, 5.74) is 0.913. The molecule has 2 saturated heterocycles. The van der Waals surface area contributed by atoms with E-state index in [4.69, 9.17) is 9.47 Å². The number of anilines is 2. The van der Waals surface area contributed by atoms with Crippen LogP contribution in [0.1, 0.15) is 76.0 Å². The summed E-state index contributed by atoms with van der Waals surface area (Å²) in [5, 5.41) is 17.5. The Bertz CT molecular complexity index is 1420. The molecule has 0 saturated carbocycles. The fourth-order valence-corrected chi connectivity index (χ4v) is 10.2. The number of ether oxygens (including phenoxy) is 2. The number of nitrogens with zero attached hydrogens (tertiary/aromatic N) is 5. The molecule has 2 amide bonds. The van der Waals surface area contributed by atoms with E-state index in [9.17, 15) is 19.5 Å². The Hall–Kier alpha value is -3.16.